The molecule has 0 saturated carbocycles. The summed E-state index contributed by atoms with van der Waals surface area (Å²) in [7, 11) is -2.44. The van der Waals surface area contributed by atoms with E-state index in [0.717, 1.165) is 0 Å². The number of esters is 1. The number of nitrogens with two attached hydrogens (primary N) is 1. The van der Waals surface area contributed by atoms with Gasteiger partial charge in [0.05, 0.1) is 13.0 Å². The van der Waals surface area contributed by atoms with Gasteiger partial charge in [0, 0.05) is 19.3 Å². The van der Waals surface area contributed by atoms with E-state index >= 15 is 0 Å². The minimum Gasteiger partial charge on any atom is -0.469 e. The van der Waals surface area contributed by atoms with E-state index in [9.17, 15) is 13.2 Å². The number of rotatable bonds is 3. The molecular weight excluding hydrogens is 282 g/mol. The fraction of sp³-hybridized carbons (Fsp3) is 0.500. The van der Waals surface area contributed by atoms with Gasteiger partial charge in [-0.05, 0) is 18.1 Å². The third kappa shape index (κ3) is 2.48. The molecule has 8 heteroatoms. The average Bonchev–Trinajstić information content (AvgIpc) is 2.81. The van der Waals surface area contributed by atoms with Crippen LogP contribution >= 0.6 is 0 Å². The molecule has 7 nitrogen and oxygen atoms in total. The molecule has 0 aromatic carbocycles. The Morgan fingerprint density at radius 1 is 1.50 bits per heavy atom. The molecule has 110 valence electrons. The average molecular weight is 299 g/mol. The van der Waals surface area contributed by atoms with Gasteiger partial charge < -0.3 is 10.5 Å². The van der Waals surface area contributed by atoms with Gasteiger partial charge >= 0.3 is 5.97 Å². The summed E-state index contributed by atoms with van der Waals surface area (Å²) in [6.07, 6.45) is 1.43. The number of hydrogen-bond acceptors (Lipinski definition) is 6. The maximum absolute atomic E-state index is 12.5. The van der Waals surface area contributed by atoms with Crippen molar-refractivity contribution in [2.45, 2.75) is 11.8 Å². The Labute approximate surface area is 117 Å². The normalized spacial score (nSPS) is 23.7. The topological polar surface area (TPSA) is 103 Å². The molecule has 1 aromatic heterocycles. The highest BCUT2D eigenvalue weighted by Gasteiger charge is 2.41. The smallest absolute Gasteiger partial charge is 0.310 e. The van der Waals surface area contributed by atoms with Crippen molar-refractivity contribution in [3.8, 4) is 0 Å². The van der Waals surface area contributed by atoms with E-state index in [4.69, 9.17) is 10.5 Å². The third-order valence-corrected chi connectivity index (χ3v) is 5.38. The van der Waals surface area contributed by atoms with Crippen molar-refractivity contribution in [3.05, 3.63) is 18.3 Å². The molecule has 1 saturated heterocycles. The van der Waals surface area contributed by atoms with Gasteiger partial charge in [-0.3, -0.25) is 4.79 Å². The lowest BCUT2D eigenvalue weighted by Gasteiger charge is -2.16. The van der Waals surface area contributed by atoms with Crippen LogP contribution in [0, 0.1) is 11.8 Å². The maximum atomic E-state index is 12.5. The highest BCUT2D eigenvalue weighted by Crippen LogP contribution is 2.30. The van der Waals surface area contributed by atoms with Crippen LogP contribution in [0.5, 0.6) is 0 Å². The fourth-order valence-electron chi connectivity index (χ4n) is 2.34. The van der Waals surface area contributed by atoms with Crippen molar-refractivity contribution in [2.75, 3.05) is 25.9 Å². The molecule has 1 aliphatic heterocycles. The van der Waals surface area contributed by atoms with E-state index in [1.54, 1.807) is 0 Å². The maximum Gasteiger partial charge on any atom is 0.310 e. The van der Waals surface area contributed by atoms with Crippen molar-refractivity contribution >= 4 is 21.8 Å². The predicted octanol–water partition coefficient (Wildman–Crippen LogP) is 0.0934. The van der Waals surface area contributed by atoms with Crippen LogP contribution in [0.15, 0.2) is 23.2 Å². The molecule has 2 unspecified atom stereocenters. The van der Waals surface area contributed by atoms with Gasteiger partial charge in [-0.2, -0.15) is 4.31 Å². The summed E-state index contributed by atoms with van der Waals surface area (Å²) in [5.74, 6) is -0.987. The monoisotopic (exact) mass is 299 g/mol. The minimum atomic E-state index is -3.74. The largest absolute Gasteiger partial charge is 0.469 e. The van der Waals surface area contributed by atoms with E-state index < -0.39 is 21.9 Å². The molecule has 0 bridgehead atoms. The van der Waals surface area contributed by atoms with Crippen LogP contribution in [0.2, 0.25) is 0 Å². The first-order chi connectivity index (χ1) is 9.37. The van der Waals surface area contributed by atoms with Gasteiger partial charge in [-0.15, -0.1) is 0 Å². The fourth-order valence-corrected chi connectivity index (χ4v) is 3.97. The number of nitrogens with zero attached hydrogens (tertiary/aromatic N) is 2. The second-order valence-electron chi connectivity index (χ2n) is 4.82. The van der Waals surface area contributed by atoms with E-state index in [1.165, 1.54) is 29.7 Å². The zero-order chi connectivity index (χ0) is 14.9. The van der Waals surface area contributed by atoms with Gasteiger partial charge in [0.1, 0.15) is 10.7 Å². The number of pyridine rings is 1. The van der Waals surface area contributed by atoms with Crippen LogP contribution < -0.4 is 5.73 Å². The summed E-state index contributed by atoms with van der Waals surface area (Å²) < 4.78 is 31.0. The SMILES string of the molecule is COC(=O)C1CN(S(=O)(=O)c2cccnc2N)CC1C. The number of nitrogen functional groups attached to an aromatic ring is 1. The standard InChI is InChI=1S/C12H17N3O4S/c1-8-6-15(7-9(8)12(16)19-2)20(17,18)10-4-3-5-14-11(10)13/h3-5,8-9H,6-7H2,1-2H3,(H2,13,14). The number of carbonyl (C=O) groups excluding carboxylic acids is 1. The number of methoxy groups -OCH3 is 1. The molecule has 0 radical (unpaired) electrons. The Bertz CT molecular complexity index is 617. The first kappa shape index (κ1) is 14.7. The first-order valence-corrected chi connectivity index (χ1v) is 7.60. The van der Waals surface area contributed by atoms with Crippen molar-refractivity contribution in [1.82, 2.24) is 9.29 Å². The molecule has 2 N–H and O–H groups in total. The molecule has 1 aliphatic rings. The Morgan fingerprint density at radius 3 is 2.80 bits per heavy atom. The lowest BCUT2D eigenvalue weighted by Crippen LogP contribution is -2.31. The Hall–Kier alpha value is -1.67. The highest BCUT2D eigenvalue weighted by atomic mass is 32.2. The second-order valence-corrected chi connectivity index (χ2v) is 6.72. The van der Waals surface area contributed by atoms with Crippen LogP contribution in [0.4, 0.5) is 5.82 Å². The molecule has 2 heterocycles. The molecule has 1 aromatic rings. The molecule has 0 aliphatic carbocycles. The summed E-state index contributed by atoms with van der Waals surface area (Å²) in [6.45, 7) is 2.19. The lowest BCUT2D eigenvalue weighted by atomic mass is 9.99. The Balaban J connectivity index is 2.29. The predicted molar refractivity (Wildman–Crippen MR) is 72.1 cm³/mol. The number of carbonyl (C=O) groups is 1. The molecule has 1 fully saturated rings. The second kappa shape index (κ2) is 5.37. The molecular formula is C12H17N3O4S. The van der Waals surface area contributed by atoms with E-state index in [-0.39, 0.29) is 29.7 Å². The molecule has 2 atom stereocenters. The molecule has 20 heavy (non-hydrogen) atoms. The first-order valence-electron chi connectivity index (χ1n) is 6.16. The summed E-state index contributed by atoms with van der Waals surface area (Å²) in [6, 6.07) is 2.92. The van der Waals surface area contributed by atoms with Crippen LogP contribution in [-0.4, -0.2) is 43.9 Å². The Kier molecular flexibility index (Phi) is 3.96. The Morgan fingerprint density at radius 2 is 2.20 bits per heavy atom. The van der Waals surface area contributed by atoms with Gasteiger partial charge in [0.2, 0.25) is 10.0 Å². The number of aromatic nitrogens is 1. The summed E-state index contributed by atoms with van der Waals surface area (Å²) in [5.41, 5.74) is 5.62. The number of anilines is 1. The third-order valence-electron chi connectivity index (χ3n) is 3.50. The number of ether oxygens (including phenoxy) is 1. The number of sulfonamides is 1. The van der Waals surface area contributed by atoms with Gasteiger partial charge in [-0.1, -0.05) is 6.92 Å². The summed E-state index contributed by atoms with van der Waals surface area (Å²) in [5, 5.41) is 0. The molecule has 2 rings (SSSR count). The highest BCUT2D eigenvalue weighted by molar-refractivity contribution is 7.89. The van der Waals surface area contributed by atoms with E-state index in [0.29, 0.717) is 0 Å². The zero-order valence-electron chi connectivity index (χ0n) is 11.3. The summed E-state index contributed by atoms with van der Waals surface area (Å²) in [4.78, 5) is 15.4. The van der Waals surface area contributed by atoms with E-state index in [1.807, 2.05) is 6.92 Å². The lowest BCUT2D eigenvalue weighted by molar-refractivity contribution is -0.145. The van der Waals surface area contributed by atoms with Crippen LogP contribution in [0.1, 0.15) is 6.92 Å². The van der Waals surface area contributed by atoms with E-state index in [2.05, 4.69) is 4.98 Å². The van der Waals surface area contributed by atoms with Gasteiger partial charge in [-0.25, -0.2) is 13.4 Å². The van der Waals surface area contributed by atoms with Crippen LogP contribution in [-0.2, 0) is 19.6 Å². The number of hydrogen-bond donors (Lipinski definition) is 1. The van der Waals surface area contributed by atoms with Crippen molar-refractivity contribution in [3.63, 3.8) is 0 Å². The zero-order valence-corrected chi connectivity index (χ0v) is 12.1. The van der Waals surface area contributed by atoms with Crippen molar-refractivity contribution in [2.24, 2.45) is 11.8 Å². The van der Waals surface area contributed by atoms with Crippen molar-refractivity contribution in [1.29, 1.82) is 0 Å². The molecule has 0 amide bonds. The van der Waals surface area contributed by atoms with Crippen molar-refractivity contribution < 1.29 is 17.9 Å². The quantitative estimate of drug-likeness (QED) is 0.794. The minimum absolute atomic E-state index is 0.0299. The molecule has 0 spiro atoms. The van der Waals surface area contributed by atoms with Gasteiger partial charge in [0.15, 0.2) is 0 Å². The summed E-state index contributed by atoms with van der Waals surface area (Å²) >= 11 is 0. The van der Waals surface area contributed by atoms with Crippen LogP contribution in [0.3, 0.4) is 0 Å². The van der Waals surface area contributed by atoms with Crippen LogP contribution in [0.25, 0.3) is 0 Å². The van der Waals surface area contributed by atoms with Gasteiger partial charge in [0.25, 0.3) is 0 Å².